The molecule has 3 aromatic rings. The van der Waals surface area contributed by atoms with Crippen molar-refractivity contribution in [3.05, 3.63) is 89.0 Å². The molecule has 6 heteroatoms. The third kappa shape index (κ3) is 6.32. The molecule has 1 atom stereocenters. The van der Waals surface area contributed by atoms with E-state index in [0.717, 1.165) is 41.5 Å². The zero-order valence-electron chi connectivity index (χ0n) is 23.0. The van der Waals surface area contributed by atoms with Crippen molar-refractivity contribution < 1.29 is 28.2 Å². The molecule has 0 aliphatic heterocycles. The molecule has 0 amide bonds. The van der Waals surface area contributed by atoms with Crippen molar-refractivity contribution in [2.45, 2.75) is 65.4 Å². The van der Waals surface area contributed by atoms with Crippen LogP contribution >= 0.6 is 0 Å². The van der Waals surface area contributed by atoms with E-state index in [2.05, 4.69) is 19.9 Å². The minimum absolute atomic E-state index is 0.0809. The maximum absolute atomic E-state index is 15.4. The molecule has 0 spiro atoms. The van der Waals surface area contributed by atoms with E-state index >= 15 is 8.78 Å². The highest BCUT2D eigenvalue weighted by Crippen LogP contribution is 2.47. The number of carboxylic acids is 1. The molecular formula is C33H36F2O4. The topological polar surface area (TPSA) is 55.8 Å². The van der Waals surface area contributed by atoms with E-state index in [-0.39, 0.29) is 30.0 Å². The third-order valence-corrected chi connectivity index (χ3v) is 7.57. The summed E-state index contributed by atoms with van der Waals surface area (Å²) >= 11 is 0. The van der Waals surface area contributed by atoms with Gasteiger partial charge in [0.15, 0.2) is 11.6 Å². The maximum Gasteiger partial charge on any atom is 0.303 e. The summed E-state index contributed by atoms with van der Waals surface area (Å²) in [5.74, 6) is -1.57. The summed E-state index contributed by atoms with van der Waals surface area (Å²) in [6.07, 6.45) is 5.33. The first-order valence-corrected chi connectivity index (χ1v) is 13.5. The van der Waals surface area contributed by atoms with E-state index in [9.17, 15) is 9.90 Å². The number of aliphatic carboxylic acids is 1. The Morgan fingerprint density at radius 1 is 1.05 bits per heavy atom. The Labute approximate surface area is 229 Å². The highest BCUT2D eigenvalue weighted by molar-refractivity contribution is 5.85. The minimum Gasteiger partial charge on any atom is -0.497 e. The molecule has 39 heavy (non-hydrogen) atoms. The van der Waals surface area contributed by atoms with Crippen LogP contribution in [0.1, 0.15) is 75.5 Å². The van der Waals surface area contributed by atoms with Crippen LogP contribution in [-0.2, 0) is 11.4 Å². The van der Waals surface area contributed by atoms with Crippen molar-refractivity contribution in [3.8, 4) is 22.6 Å². The van der Waals surface area contributed by atoms with Crippen molar-refractivity contribution in [1.29, 1.82) is 0 Å². The van der Waals surface area contributed by atoms with Gasteiger partial charge in [-0.25, -0.2) is 8.78 Å². The fourth-order valence-electron chi connectivity index (χ4n) is 5.48. The number of allylic oxidation sites excluding steroid dienone is 2. The van der Waals surface area contributed by atoms with E-state index < -0.39 is 17.7 Å². The van der Waals surface area contributed by atoms with Gasteiger partial charge in [-0.15, -0.1) is 0 Å². The van der Waals surface area contributed by atoms with Crippen LogP contribution in [0, 0.1) is 17.0 Å². The molecule has 0 aromatic heterocycles. The molecule has 1 aliphatic carbocycles. The number of halogens is 2. The number of carboxylic acid groups (broad SMARTS) is 1. The first-order valence-electron chi connectivity index (χ1n) is 13.5. The molecule has 0 saturated carbocycles. The van der Waals surface area contributed by atoms with Crippen LogP contribution in [-0.4, -0.2) is 18.2 Å². The van der Waals surface area contributed by atoms with Gasteiger partial charge in [0.25, 0.3) is 0 Å². The number of methoxy groups -OCH3 is 1. The molecule has 0 heterocycles. The van der Waals surface area contributed by atoms with Gasteiger partial charge in [-0.1, -0.05) is 57.5 Å². The summed E-state index contributed by atoms with van der Waals surface area (Å²) in [5.41, 5.74) is 4.39. The molecule has 0 radical (unpaired) electrons. The Morgan fingerprint density at radius 2 is 1.85 bits per heavy atom. The lowest BCUT2D eigenvalue weighted by Crippen LogP contribution is -2.11. The van der Waals surface area contributed by atoms with Gasteiger partial charge in [-0.3, -0.25) is 4.79 Å². The molecule has 1 N–H and O–H groups in total. The molecule has 0 bridgehead atoms. The number of hydrogen-bond acceptors (Lipinski definition) is 3. The molecular weight excluding hydrogens is 498 g/mol. The Hall–Kier alpha value is -3.67. The third-order valence-electron chi connectivity index (χ3n) is 7.57. The van der Waals surface area contributed by atoms with E-state index in [1.165, 1.54) is 6.07 Å². The quantitative estimate of drug-likeness (QED) is 0.267. The van der Waals surface area contributed by atoms with Gasteiger partial charge < -0.3 is 14.6 Å². The van der Waals surface area contributed by atoms with E-state index in [4.69, 9.17) is 9.47 Å². The number of hydrogen-bond donors (Lipinski definition) is 1. The average Bonchev–Trinajstić information content (AvgIpc) is 3.26. The van der Waals surface area contributed by atoms with Gasteiger partial charge >= 0.3 is 5.97 Å². The lowest BCUT2D eigenvalue weighted by Gasteiger charge is -2.25. The minimum atomic E-state index is -0.955. The Balaban J connectivity index is 1.68. The van der Waals surface area contributed by atoms with Crippen molar-refractivity contribution in [2.75, 3.05) is 7.11 Å². The average molecular weight is 535 g/mol. The van der Waals surface area contributed by atoms with Crippen molar-refractivity contribution >= 4 is 11.5 Å². The zero-order chi connectivity index (χ0) is 28.2. The molecule has 3 aromatic carbocycles. The first-order chi connectivity index (χ1) is 18.6. The Morgan fingerprint density at radius 3 is 2.51 bits per heavy atom. The van der Waals surface area contributed by atoms with Crippen LogP contribution in [0.15, 0.2) is 60.7 Å². The summed E-state index contributed by atoms with van der Waals surface area (Å²) in [4.78, 5) is 11.3. The molecule has 206 valence electrons. The van der Waals surface area contributed by atoms with E-state index in [0.29, 0.717) is 23.3 Å². The normalized spacial score (nSPS) is 15.1. The maximum atomic E-state index is 15.4. The molecule has 4 nitrogen and oxygen atoms in total. The molecule has 0 unspecified atom stereocenters. The van der Waals surface area contributed by atoms with Crippen molar-refractivity contribution in [1.82, 2.24) is 0 Å². The molecule has 1 aliphatic rings. The molecule has 4 rings (SSSR count). The number of rotatable bonds is 11. The smallest absolute Gasteiger partial charge is 0.303 e. The fraction of sp³-hybridized carbons (Fsp3) is 0.364. The first kappa shape index (κ1) is 28.3. The number of carbonyl (C=O) groups is 1. The van der Waals surface area contributed by atoms with Gasteiger partial charge in [-0.05, 0) is 88.8 Å². The largest absolute Gasteiger partial charge is 0.497 e. The zero-order valence-corrected chi connectivity index (χ0v) is 23.0. The van der Waals surface area contributed by atoms with Crippen LogP contribution in [0.3, 0.4) is 0 Å². The van der Waals surface area contributed by atoms with Gasteiger partial charge in [0.2, 0.25) is 0 Å². The monoisotopic (exact) mass is 534 g/mol. The number of benzene rings is 3. The van der Waals surface area contributed by atoms with Gasteiger partial charge in [0.1, 0.15) is 18.2 Å². The molecule has 0 saturated heterocycles. The van der Waals surface area contributed by atoms with Crippen molar-refractivity contribution in [2.24, 2.45) is 5.41 Å². The predicted octanol–water partition coefficient (Wildman–Crippen LogP) is 8.78. The van der Waals surface area contributed by atoms with Gasteiger partial charge in [0.05, 0.1) is 13.5 Å². The second kappa shape index (κ2) is 12.0. The highest BCUT2D eigenvalue weighted by Gasteiger charge is 2.30. The lowest BCUT2D eigenvalue weighted by atomic mass is 9.79. The van der Waals surface area contributed by atoms with Crippen LogP contribution in [0.2, 0.25) is 0 Å². The van der Waals surface area contributed by atoms with Crippen LogP contribution in [0.25, 0.3) is 16.7 Å². The summed E-state index contributed by atoms with van der Waals surface area (Å²) in [5, 5.41) is 9.30. The lowest BCUT2D eigenvalue weighted by molar-refractivity contribution is -0.137. The molecule has 0 fully saturated rings. The Bertz CT molecular complexity index is 1380. The number of ether oxygens (including phenoxy) is 2. The van der Waals surface area contributed by atoms with Crippen LogP contribution in [0.4, 0.5) is 8.78 Å². The van der Waals surface area contributed by atoms with Gasteiger partial charge in [-0.2, -0.15) is 0 Å². The van der Waals surface area contributed by atoms with Crippen molar-refractivity contribution in [3.63, 3.8) is 0 Å². The summed E-state index contributed by atoms with van der Waals surface area (Å²) in [6, 6.07) is 15.4. The summed E-state index contributed by atoms with van der Waals surface area (Å²) in [7, 11) is 1.56. The standard InChI is InChI=1S/C33H36F2O4/c1-5-8-22(18-31(36)37)24-9-6-11-30(32(24)35)39-20-21-12-14-25(27-19-23(38-4)13-15-29(27)34)26(17-21)28-10-7-16-33(28,2)3/h6,9-15,17,19,22H,5,7-8,16,18,20H2,1-4H3,(H,36,37)/t22-/m0/s1. The van der Waals surface area contributed by atoms with Crippen LogP contribution in [0.5, 0.6) is 11.5 Å². The fourth-order valence-corrected chi connectivity index (χ4v) is 5.48. The van der Waals surface area contributed by atoms with Gasteiger partial charge in [0, 0.05) is 5.56 Å². The SMILES string of the molecule is CCC[C@@H](CC(=O)O)c1cccc(OCc2ccc(-c3cc(OC)ccc3F)c(C3=CCCC3(C)C)c2)c1F. The van der Waals surface area contributed by atoms with E-state index in [1.54, 1.807) is 37.4 Å². The van der Waals surface area contributed by atoms with E-state index in [1.807, 2.05) is 25.1 Å². The highest BCUT2D eigenvalue weighted by atomic mass is 19.1. The Kier molecular flexibility index (Phi) is 8.73. The van der Waals surface area contributed by atoms with Crippen LogP contribution < -0.4 is 9.47 Å². The second-order valence-corrected chi connectivity index (χ2v) is 10.8. The predicted molar refractivity (Wildman–Crippen MR) is 150 cm³/mol. The summed E-state index contributed by atoms with van der Waals surface area (Å²) < 4.78 is 41.8. The second-order valence-electron chi connectivity index (χ2n) is 10.8. The summed E-state index contributed by atoms with van der Waals surface area (Å²) in [6.45, 7) is 6.43.